The van der Waals surface area contributed by atoms with Crippen molar-refractivity contribution in [1.82, 2.24) is 15.1 Å². The van der Waals surface area contributed by atoms with Crippen molar-refractivity contribution in [3.05, 3.63) is 71.3 Å². The number of amides is 4. The van der Waals surface area contributed by atoms with Crippen molar-refractivity contribution in [2.24, 2.45) is 0 Å². The molecule has 1 fully saturated rings. The molecule has 2 aromatic carbocycles. The fourth-order valence-electron chi connectivity index (χ4n) is 4.27. The lowest BCUT2D eigenvalue weighted by molar-refractivity contribution is -0.130. The molecule has 7 heteroatoms. The van der Waals surface area contributed by atoms with Gasteiger partial charge in [-0.1, -0.05) is 42.5 Å². The molecule has 4 rings (SSSR count). The summed E-state index contributed by atoms with van der Waals surface area (Å²) in [5.74, 6) is -1.21. The van der Waals surface area contributed by atoms with Gasteiger partial charge in [0.25, 0.3) is 11.8 Å². The summed E-state index contributed by atoms with van der Waals surface area (Å²) in [4.78, 5) is 53.8. The molecule has 31 heavy (non-hydrogen) atoms. The van der Waals surface area contributed by atoms with Gasteiger partial charge in [-0.15, -0.1) is 0 Å². The molecule has 2 aromatic rings. The number of likely N-dealkylation sites (tertiary alicyclic amines) is 1. The number of hydrogen-bond acceptors (Lipinski definition) is 4. The number of carbonyl (C=O) groups excluding carboxylic acids is 4. The Morgan fingerprint density at radius 3 is 2.03 bits per heavy atom. The molecule has 0 bridgehead atoms. The number of rotatable bonds is 5. The normalized spacial score (nSPS) is 17.5. The molecule has 2 aliphatic heterocycles. The van der Waals surface area contributed by atoms with E-state index in [1.165, 1.54) is 6.92 Å². The van der Waals surface area contributed by atoms with E-state index in [0.717, 1.165) is 10.5 Å². The maximum atomic E-state index is 13.3. The summed E-state index contributed by atoms with van der Waals surface area (Å²) in [6.45, 7) is 2.70. The van der Waals surface area contributed by atoms with Crippen molar-refractivity contribution in [3.63, 3.8) is 0 Å². The maximum Gasteiger partial charge on any atom is 0.262 e. The minimum Gasteiger partial charge on any atom is -0.351 e. The fraction of sp³-hybridized carbons (Fsp3) is 0.333. The first-order valence-corrected chi connectivity index (χ1v) is 10.5. The Morgan fingerprint density at radius 1 is 0.935 bits per heavy atom. The Labute approximate surface area is 181 Å². The van der Waals surface area contributed by atoms with Crippen molar-refractivity contribution in [3.8, 4) is 0 Å². The number of nitrogens with zero attached hydrogens (tertiary/aromatic N) is 2. The lowest BCUT2D eigenvalue weighted by atomic mass is 10.0. The second-order valence-electron chi connectivity index (χ2n) is 8.02. The van der Waals surface area contributed by atoms with Crippen LogP contribution in [0.5, 0.6) is 0 Å². The highest BCUT2D eigenvalue weighted by Crippen LogP contribution is 2.26. The van der Waals surface area contributed by atoms with Crippen molar-refractivity contribution in [2.75, 3.05) is 13.1 Å². The van der Waals surface area contributed by atoms with Crippen LogP contribution in [0.2, 0.25) is 0 Å². The highest BCUT2D eigenvalue weighted by molar-refractivity contribution is 6.22. The van der Waals surface area contributed by atoms with E-state index in [4.69, 9.17) is 0 Å². The van der Waals surface area contributed by atoms with Crippen LogP contribution in [0.1, 0.15) is 46.0 Å². The average Bonchev–Trinajstić information content (AvgIpc) is 3.03. The molecular weight excluding hydrogens is 394 g/mol. The quantitative estimate of drug-likeness (QED) is 0.752. The highest BCUT2D eigenvalue weighted by Gasteiger charge is 2.43. The van der Waals surface area contributed by atoms with Crippen LogP contribution in [-0.2, 0) is 16.0 Å². The van der Waals surface area contributed by atoms with E-state index in [9.17, 15) is 19.2 Å². The van der Waals surface area contributed by atoms with Gasteiger partial charge in [0.05, 0.1) is 11.1 Å². The lowest BCUT2D eigenvalue weighted by Crippen LogP contribution is -2.54. The summed E-state index contributed by atoms with van der Waals surface area (Å²) < 4.78 is 0. The maximum absolute atomic E-state index is 13.3. The zero-order chi connectivity index (χ0) is 22.0. The van der Waals surface area contributed by atoms with E-state index < -0.39 is 17.9 Å². The molecule has 2 heterocycles. The van der Waals surface area contributed by atoms with E-state index in [-0.39, 0.29) is 24.3 Å². The number of imide groups is 1. The molecular formula is C24H25N3O4. The predicted molar refractivity (Wildman–Crippen MR) is 114 cm³/mol. The molecule has 0 saturated carbocycles. The molecule has 0 aromatic heterocycles. The van der Waals surface area contributed by atoms with Crippen LogP contribution in [-0.4, -0.2) is 58.6 Å². The van der Waals surface area contributed by atoms with E-state index in [2.05, 4.69) is 5.32 Å². The van der Waals surface area contributed by atoms with Gasteiger partial charge in [-0.2, -0.15) is 0 Å². The summed E-state index contributed by atoms with van der Waals surface area (Å²) in [5.41, 5.74) is 1.52. The molecule has 1 unspecified atom stereocenters. The van der Waals surface area contributed by atoms with Gasteiger partial charge in [0.15, 0.2) is 0 Å². The van der Waals surface area contributed by atoms with Gasteiger partial charge in [0.1, 0.15) is 6.04 Å². The molecule has 1 N–H and O–H groups in total. The van der Waals surface area contributed by atoms with Crippen molar-refractivity contribution >= 4 is 23.6 Å². The van der Waals surface area contributed by atoms with Gasteiger partial charge in [0, 0.05) is 32.5 Å². The lowest BCUT2D eigenvalue weighted by Gasteiger charge is -2.33. The molecule has 0 aliphatic carbocycles. The Kier molecular flexibility index (Phi) is 5.84. The molecule has 2 aliphatic rings. The largest absolute Gasteiger partial charge is 0.351 e. The Hall–Kier alpha value is -3.48. The average molecular weight is 419 g/mol. The first-order chi connectivity index (χ1) is 15.0. The second kappa shape index (κ2) is 8.71. The van der Waals surface area contributed by atoms with Crippen molar-refractivity contribution < 1.29 is 19.2 Å². The summed E-state index contributed by atoms with van der Waals surface area (Å²) in [6, 6.07) is 15.0. The third-order valence-corrected chi connectivity index (χ3v) is 6.00. The van der Waals surface area contributed by atoms with E-state index in [1.807, 2.05) is 30.3 Å². The molecule has 0 spiro atoms. The first kappa shape index (κ1) is 20.8. The third kappa shape index (κ3) is 4.21. The van der Waals surface area contributed by atoms with Gasteiger partial charge in [0.2, 0.25) is 11.8 Å². The summed E-state index contributed by atoms with van der Waals surface area (Å²) >= 11 is 0. The molecule has 0 radical (unpaired) electrons. The standard InChI is InChI=1S/C24H25N3O4/c1-16(28)26-13-11-18(12-14-26)25-22(29)21(15-17-7-3-2-4-8-17)27-23(30)19-9-5-6-10-20(19)24(27)31/h2-10,18,21H,11-15H2,1H3,(H,25,29). The van der Waals surface area contributed by atoms with Crippen LogP contribution >= 0.6 is 0 Å². The van der Waals surface area contributed by atoms with Crippen LogP contribution in [0.4, 0.5) is 0 Å². The second-order valence-corrected chi connectivity index (χ2v) is 8.02. The minimum atomic E-state index is -0.944. The number of benzene rings is 2. The smallest absolute Gasteiger partial charge is 0.262 e. The van der Waals surface area contributed by atoms with Crippen molar-refractivity contribution in [2.45, 2.75) is 38.3 Å². The third-order valence-electron chi connectivity index (χ3n) is 6.00. The van der Waals surface area contributed by atoms with Crippen LogP contribution in [0.15, 0.2) is 54.6 Å². The molecule has 160 valence electrons. The summed E-state index contributed by atoms with van der Waals surface area (Å²) in [5, 5.41) is 3.02. The van der Waals surface area contributed by atoms with Gasteiger partial charge >= 0.3 is 0 Å². The molecule has 1 saturated heterocycles. The summed E-state index contributed by atoms with van der Waals surface area (Å²) in [6.07, 6.45) is 1.53. The Morgan fingerprint density at radius 2 is 1.48 bits per heavy atom. The number of carbonyl (C=O) groups is 4. The Balaban J connectivity index is 1.55. The Bertz CT molecular complexity index is 977. The van der Waals surface area contributed by atoms with Gasteiger partial charge in [-0.25, -0.2) is 0 Å². The number of fused-ring (bicyclic) bond motifs is 1. The number of hydrogen-bond donors (Lipinski definition) is 1. The van der Waals surface area contributed by atoms with Gasteiger partial charge in [-0.3, -0.25) is 24.1 Å². The van der Waals surface area contributed by atoms with E-state index >= 15 is 0 Å². The van der Waals surface area contributed by atoms with E-state index in [0.29, 0.717) is 37.1 Å². The summed E-state index contributed by atoms with van der Waals surface area (Å²) in [7, 11) is 0. The molecule has 7 nitrogen and oxygen atoms in total. The molecule has 1 atom stereocenters. The SMILES string of the molecule is CC(=O)N1CCC(NC(=O)C(Cc2ccccc2)N2C(=O)c3ccccc3C2=O)CC1. The fourth-order valence-corrected chi connectivity index (χ4v) is 4.27. The van der Waals surface area contributed by atoms with Crippen LogP contribution in [0.25, 0.3) is 0 Å². The number of piperidine rings is 1. The number of nitrogens with one attached hydrogen (secondary N) is 1. The van der Waals surface area contributed by atoms with Gasteiger partial charge < -0.3 is 10.2 Å². The molecule has 4 amide bonds. The topological polar surface area (TPSA) is 86.8 Å². The predicted octanol–water partition coefficient (Wildman–Crippen LogP) is 2.02. The van der Waals surface area contributed by atoms with Crippen LogP contribution < -0.4 is 5.32 Å². The minimum absolute atomic E-state index is 0.0257. The van der Waals surface area contributed by atoms with Crippen LogP contribution in [0, 0.1) is 0 Å². The van der Waals surface area contributed by atoms with Crippen LogP contribution in [0.3, 0.4) is 0 Å². The zero-order valence-electron chi connectivity index (χ0n) is 17.4. The van der Waals surface area contributed by atoms with E-state index in [1.54, 1.807) is 29.2 Å². The first-order valence-electron chi connectivity index (χ1n) is 10.5. The van der Waals surface area contributed by atoms with Gasteiger partial charge in [-0.05, 0) is 30.5 Å². The van der Waals surface area contributed by atoms with Crippen molar-refractivity contribution in [1.29, 1.82) is 0 Å². The highest BCUT2D eigenvalue weighted by atomic mass is 16.2. The monoisotopic (exact) mass is 419 g/mol. The zero-order valence-corrected chi connectivity index (χ0v) is 17.4.